The van der Waals surface area contributed by atoms with Gasteiger partial charge in [-0.25, -0.2) is 9.98 Å². The molecule has 284 valence electrons. The van der Waals surface area contributed by atoms with E-state index in [1.807, 2.05) is 36.5 Å². The van der Waals surface area contributed by atoms with Crippen molar-refractivity contribution < 1.29 is 0 Å². The fraction of sp³-hybridized carbons (Fsp3) is 0.0172. The summed E-state index contributed by atoms with van der Waals surface area (Å²) < 4.78 is 0. The molecule has 0 heterocycles. The second-order valence-corrected chi connectivity index (χ2v) is 16.0. The second-order valence-electron chi connectivity index (χ2n) is 16.0. The van der Waals surface area contributed by atoms with Gasteiger partial charge in [-0.15, -0.1) is 0 Å². The van der Waals surface area contributed by atoms with Crippen LogP contribution in [0.15, 0.2) is 222 Å². The first-order valence-electron chi connectivity index (χ1n) is 20.8. The van der Waals surface area contributed by atoms with Gasteiger partial charge in [-0.05, 0) is 100 Å². The zero-order chi connectivity index (χ0) is 40.5. The smallest absolute Gasteiger partial charge is 0.161 e. The number of hydrogen-bond acceptors (Lipinski definition) is 1. The highest BCUT2D eigenvalue weighted by Gasteiger charge is 2.51. The maximum atomic E-state index is 9.42. The van der Waals surface area contributed by atoms with Crippen molar-refractivity contribution in [1.29, 1.82) is 5.41 Å². The number of rotatable bonds is 4. The number of benzene rings is 10. The highest BCUT2D eigenvalue weighted by Crippen LogP contribution is 2.62. The maximum absolute atomic E-state index is 9.42. The lowest BCUT2D eigenvalue weighted by Gasteiger charge is -2.30. The Balaban J connectivity index is 1.05. The van der Waals surface area contributed by atoms with Crippen molar-refractivity contribution in [3.05, 3.63) is 251 Å². The number of hydrogen-bond donors (Lipinski definition) is 1. The number of amidine groups is 2. The minimum atomic E-state index is -0.448. The third-order valence-corrected chi connectivity index (χ3v) is 12.9. The molecule has 61 heavy (non-hydrogen) atoms. The van der Waals surface area contributed by atoms with Crippen LogP contribution >= 0.6 is 0 Å². The van der Waals surface area contributed by atoms with Gasteiger partial charge in [0.2, 0.25) is 0 Å². The molecular weight excluding hydrogens is 739 g/mol. The molecule has 12 rings (SSSR count). The van der Waals surface area contributed by atoms with Crippen molar-refractivity contribution in [3.63, 3.8) is 0 Å². The molecule has 0 atom stereocenters. The molecule has 10 aromatic carbocycles. The molecule has 0 saturated carbocycles. The molecule has 0 radical (unpaired) electrons. The second kappa shape index (κ2) is 13.8. The molecule has 2 aliphatic carbocycles. The van der Waals surface area contributed by atoms with Gasteiger partial charge in [0.1, 0.15) is 0 Å². The Labute approximate surface area is 354 Å². The largest absolute Gasteiger partial charge is 0.282 e. The number of nitrogens with zero attached hydrogens (tertiary/aromatic N) is 2. The van der Waals surface area contributed by atoms with Crippen molar-refractivity contribution in [2.24, 2.45) is 9.98 Å². The molecule has 0 aliphatic heterocycles. The fourth-order valence-electron chi connectivity index (χ4n) is 10.1. The minimum Gasteiger partial charge on any atom is -0.282 e. The van der Waals surface area contributed by atoms with E-state index < -0.39 is 5.41 Å². The molecular formula is C58H37N3. The molecule has 2 aliphatic rings. The number of fused-ring (bicyclic) bond motifs is 14. The van der Waals surface area contributed by atoms with E-state index in [4.69, 9.17) is 9.98 Å². The summed E-state index contributed by atoms with van der Waals surface area (Å²) in [5, 5.41) is 16.4. The van der Waals surface area contributed by atoms with E-state index in [0.717, 1.165) is 49.5 Å². The van der Waals surface area contributed by atoms with Crippen molar-refractivity contribution in [3.8, 4) is 33.4 Å². The Hall–Kier alpha value is -8.01. The Morgan fingerprint density at radius 2 is 0.934 bits per heavy atom. The van der Waals surface area contributed by atoms with Crippen LogP contribution in [0.5, 0.6) is 0 Å². The standard InChI is InChI=1S/C58H37N3/c59-56(40-28-26-38(27-29-40)37-14-2-1-3-15-37)61-57(60-36-51-44-19-7-5-17-41(44)34-49-43-18-6-4-16-39(43)30-32-45(49)51)42-31-33-55-50(35-42)48-22-10-13-25-54(48)58(55)52-23-11-8-20-46(52)47-21-9-12-24-53(47)58/h1-36,59H. The van der Waals surface area contributed by atoms with Gasteiger partial charge in [0.15, 0.2) is 11.7 Å². The van der Waals surface area contributed by atoms with Crippen LogP contribution in [0.1, 0.15) is 38.9 Å². The quantitative estimate of drug-likeness (QED) is 0.0801. The van der Waals surface area contributed by atoms with Gasteiger partial charge in [-0.2, -0.15) is 0 Å². The van der Waals surface area contributed by atoms with Gasteiger partial charge in [0.05, 0.1) is 5.41 Å². The predicted molar refractivity (Wildman–Crippen MR) is 255 cm³/mol. The lowest BCUT2D eigenvalue weighted by molar-refractivity contribution is 0.793. The van der Waals surface area contributed by atoms with E-state index in [9.17, 15) is 5.41 Å². The predicted octanol–water partition coefficient (Wildman–Crippen LogP) is 14.0. The summed E-state index contributed by atoms with van der Waals surface area (Å²) in [6.45, 7) is 0. The number of nitrogens with one attached hydrogen (secondary N) is 1. The molecule has 1 N–H and O–H groups in total. The molecule has 0 unspecified atom stereocenters. The minimum absolute atomic E-state index is 0.150. The van der Waals surface area contributed by atoms with E-state index in [1.54, 1.807) is 0 Å². The third-order valence-electron chi connectivity index (χ3n) is 12.9. The molecule has 0 amide bonds. The van der Waals surface area contributed by atoms with Gasteiger partial charge in [0, 0.05) is 22.9 Å². The summed E-state index contributed by atoms with van der Waals surface area (Å²) in [5.74, 6) is 0.629. The normalized spacial score (nSPS) is 13.5. The maximum Gasteiger partial charge on any atom is 0.161 e. The molecule has 0 saturated heterocycles. The Morgan fingerprint density at radius 1 is 0.393 bits per heavy atom. The summed E-state index contributed by atoms with van der Waals surface area (Å²) in [7, 11) is 0. The van der Waals surface area contributed by atoms with Gasteiger partial charge in [0.25, 0.3) is 0 Å². The molecule has 10 aromatic rings. The first kappa shape index (κ1) is 35.0. The van der Waals surface area contributed by atoms with E-state index in [0.29, 0.717) is 5.84 Å². The summed E-state index contributed by atoms with van der Waals surface area (Å²) >= 11 is 0. The zero-order valence-electron chi connectivity index (χ0n) is 33.2. The van der Waals surface area contributed by atoms with Crippen LogP contribution in [0, 0.1) is 5.41 Å². The fourth-order valence-corrected chi connectivity index (χ4v) is 10.1. The van der Waals surface area contributed by atoms with E-state index in [2.05, 4.69) is 182 Å². The van der Waals surface area contributed by atoms with Gasteiger partial charge < -0.3 is 0 Å². The lowest BCUT2D eigenvalue weighted by atomic mass is 9.70. The van der Waals surface area contributed by atoms with Crippen LogP contribution in [0.3, 0.4) is 0 Å². The van der Waals surface area contributed by atoms with Crippen LogP contribution in [-0.4, -0.2) is 17.9 Å². The summed E-state index contributed by atoms with van der Waals surface area (Å²) in [6.07, 6.45) is 1.97. The first-order valence-corrected chi connectivity index (χ1v) is 20.8. The average Bonchev–Trinajstić information content (AvgIpc) is 3.80. The zero-order valence-corrected chi connectivity index (χ0v) is 33.2. The van der Waals surface area contributed by atoms with Gasteiger partial charge in [-0.1, -0.05) is 200 Å². The topological polar surface area (TPSA) is 48.6 Å². The monoisotopic (exact) mass is 775 g/mol. The van der Waals surface area contributed by atoms with E-state index in [-0.39, 0.29) is 5.84 Å². The van der Waals surface area contributed by atoms with Crippen LogP contribution < -0.4 is 0 Å². The molecule has 3 heteroatoms. The van der Waals surface area contributed by atoms with Crippen LogP contribution in [0.25, 0.3) is 65.7 Å². The summed E-state index contributed by atoms with van der Waals surface area (Å²) in [6, 6.07) is 75.5. The van der Waals surface area contributed by atoms with Crippen LogP contribution in [-0.2, 0) is 5.41 Å². The van der Waals surface area contributed by atoms with Crippen molar-refractivity contribution in [2.75, 3.05) is 0 Å². The highest BCUT2D eigenvalue weighted by atomic mass is 14.9. The van der Waals surface area contributed by atoms with Crippen molar-refractivity contribution >= 4 is 50.2 Å². The Bertz CT molecular complexity index is 3440. The molecule has 0 bridgehead atoms. The first-order chi connectivity index (χ1) is 30.2. The van der Waals surface area contributed by atoms with E-state index in [1.165, 1.54) is 55.1 Å². The Morgan fingerprint density at radius 3 is 1.64 bits per heavy atom. The third kappa shape index (κ3) is 5.34. The highest BCUT2D eigenvalue weighted by molar-refractivity contribution is 6.22. The number of aliphatic imine (C=N–C) groups is 2. The van der Waals surface area contributed by atoms with E-state index >= 15 is 0 Å². The molecule has 3 nitrogen and oxygen atoms in total. The lowest BCUT2D eigenvalue weighted by Crippen LogP contribution is -2.25. The van der Waals surface area contributed by atoms with Crippen molar-refractivity contribution in [1.82, 2.24) is 0 Å². The molecule has 0 aromatic heterocycles. The van der Waals surface area contributed by atoms with Crippen LogP contribution in [0.4, 0.5) is 0 Å². The Kier molecular flexibility index (Phi) is 7.91. The summed E-state index contributed by atoms with van der Waals surface area (Å²) in [5.41, 5.74) is 14.4. The van der Waals surface area contributed by atoms with Gasteiger partial charge in [-0.3, -0.25) is 5.41 Å². The average molecular weight is 776 g/mol. The van der Waals surface area contributed by atoms with Gasteiger partial charge >= 0.3 is 0 Å². The SMILES string of the molecule is N=C(N=C(N=Cc1c2ccccc2cc2c1ccc1ccccc12)c1ccc2c(c1)-c1ccccc1C21c2ccccc2-c2ccccc21)c1ccc(-c2ccccc2)cc1. The molecule has 1 spiro atoms. The van der Waals surface area contributed by atoms with Crippen molar-refractivity contribution in [2.45, 2.75) is 5.41 Å². The molecule has 0 fully saturated rings. The summed E-state index contributed by atoms with van der Waals surface area (Å²) in [4.78, 5) is 10.4. The van der Waals surface area contributed by atoms with Crippen LogP contribution in [0.2, 0.25) is 0 Å².